The SMILES string of the molecule is C[C@@H](N)[C@H](O)c1ccc(F)c(O)c1. The molecule has 1 aromatic rings. The van der Waals surface area contributed by atoms with Gasteiger partial charge in [-0.15, -0.1) is 0 Å². The molecule has 0 unspecified atom stereocenters. The van der Waals surface area contributed by atoms with Crippen LogP contribution < -0.4 is 5.73 Å². The Morgan fingerprint density at radius 2 is 2.08 bits per heavy atom. The molecule has 0 saturated carbocycles. The van der Waals surface area contributed by atoms with E-state index in [1.807, 2.05) is 0 Å². The first-order chi connectivity index (χ1) is 6.02. The Morgan fingerprint density at radius 3 is 2.54 bits per heavy atom. The van der Waals surface area contributed by atoms with Crippen LogP contribution in [0.1, 0.15) is 18.6 Å². The number of hydrogen-bond donors (Lipinski definition) is 3. The summed E-state index contributed by atoms with van der Waals surface area (Å²) in [6, 6.07) is 3.20. The van der Waals surface area contributed by atoms with Gasteiger partial charge in [0, 0.05) is 6.04 Å². The smallest absolute Gasteiger partial charge is 0.164 e. The molecule has 0 spiro atoms. The molecule has 72 valence electrons. The van der Waals surface area contributed by atoms with E-state index in [9.17, 15) is 9.50 Å². The number of nitrogens with two attached hydrogens (primary N) is 1. The Morgan fingerprint density at radius 1 is 1.46 bits per heavy atom. The minimum absolute atomic E-state index is 0.411. The highest BCUT2D eigenvalue weighted by molar-refractivity contribution is 5.30. The molecule has 1 aromatic carbocycles. The maximum absolute atomic E-state index is 12.6. The molecule has 4 N–H and O–H groups in total. The zero-order valence-electron chi connectivity index (χ0n) is 7.24. The fraction of sp³-hybridized carbons (Fsp3) is 0.333. The first kappa shape index (κ1) is 9.95. The second kappa shape index (κ2) is 3.72. The van der Waals surface area contributed by atoms with Crippen LogP contribution in [-0.2, 0) is 0 Å². The van der Waals surface area contributed by atoms with Crippen molar-refractivity contribution in [2.45, 2.75) is 19.1 Å². The lowest BCUT2D eigenvalue weighted by Crippen LogP contribution is -2.24. The van der Waals surface area contributed by atoms with Gasteiger partial charge < -0.3 is 15.9 Å². The number of hydrogen-bond acceptors (Lipinski definition) is 3. The van der Waals surface area contributed by atoms with Crippen molar-refractivity contribution in [3.63, 3.8) is 0 Å². The number of aliphatic hydroxyl groups excluding tert-OH is 1. The second-order valence-corrected chi connectivity index (χ2v) is 3.01. The molecule has 0 saturated heterocycles. The summed E-state index contributed by atoms with van der Waals surface area (Å²) in [7, 11) is 0. The fourth-order valence-electron chi connectivity index (χ4n) is 1.02. The molecule has 1 rings (SSSR count). The number of aromatic hydroxyl groups is 1. The van der Waals surface area contributed by atoms with E-state index < -0.39 is 23.7 Å². The minimum atomic E-state index is -0.883. The summed E-state index contributed by atoms with van der Waals surface area (Å²) in [5.41, 5.74) is 5.84. The summed E-state index contributed by atoms with van der Waals surface area (Å²) in [4.78, 5) is 0. The maximum Gasteiger partial charge on any atom is 0.164 e. The lowest BCUT2D eigenvalue weighted by Gasteiger charge is -2.14. The Balaban J connectivity index is 2.97. The molecular weight excluding hydrogens is 173 g/mol. The summed E-state index contributed by atoms with van der Waals surface area (Å²) < 4.78 is 12.6. The van der Waals surface area contributed by atoms with E-state index in [0.29, 0.717) is 5.56 Å². The van der Waals surface area contributed by atoms with Crippen LogP contribution in [0, 0.1) is 5.82 Å². The van der Waals surface area contributed by atoms with Crippen LogP contribution in [0.25, 0.3) is 0 Å². The van der Waals surface area contributed by atoms with Crippen molar-refractivity contribution < 1.29 is 14.6 Å². The zero-order chi connectivity index (χ0) is 10.0. The van der Waals surface area contributed by atoms with E-state index in [2.05, 4.69) is 0 Å². The van der Waals surface area contributed by atoms with Crippen LogP contribution in [0.5, 0.6) is 5.75 Å². The van der Waals surface area contributed by atoms with E-state index in [-0.39, 0.29) is 0 Å². The van der Waals surface area contributed by atoms with E-state index in [0.717, 1.165) is 6.07 Å². The quantitative estimate of drug-likeness (QED) is 0.641. The highest BCUT2D eigenvalue weighted by atomic mass is 19.1. The molecule has 0 amide bonds. The molecule has 0 heterocycles. The Hall–Kier alpha value is -1.13. The third-order valence-electron chi connectivity index (χ3n) is 1.81. The maximum atomic E-state index is 12.6. The van der Waals surface area contributed by atoms with Gasteiger partial charge in [-0.3, -0.25) is 0 Å². The second-order valence-electron chi connectivity index (χ2n) is 3.01. The normalized spacial score (nSPS) is 15.4. The molecular formula is C9H12FNO2. The first-order valence-electron chi connectivity index (χ1n) is 3.94. The van der Waals surface area contributed by atoms with Gasteiger partial charge in [-0.1, -0.05) is 6.07 Å². The molecule has 0 aliphatic heterocycles. The monoisotopic (exact) mass is 185 g/mol. The average Bonchev–Trinajstić information content (AvgIpc) is 2.08. The minimum Gasteiger partial charge on any atom is -0.505 e. The van der Waals surface area contributed by atoms with Gasteiger partial charge in [0.25, 0.3) is 0 Å². The molecule has 0 aromatic heterocycles. The lowest BCUT2D eigenvalue weighted by atomic mass is 10.0. The number of halogens is 1. The molecule has 0 bridgehead atoms. The summed E-state index contributed by atoms with van der Waals surface area (Å²) in [5, 5.41) is 18.5. The average molecular weight is 185 g/mol. The fourth-order valence-corrected chi connectivity index (χ4v) is 1.02. The van der Waals surface area contributed by atoms with Gasteiger partial charge in [-0.25, -0.2) is 4.39 Å². The molecule has 0 aliphatic rings. The Bertz CT molecular complexity index is 302. The Kier molecular flexibility index (Phi) is 2.85. The molecule has 0 radical (unpaired) electrons. The molecule has 2 atom stereocenters. The van der Waals surface area contributed by atoms with Crippen LogP contribution in [0.3, 0.4) is 0 Å². The molecule has 0 fully saturated rings. The van der Waals surface area contributed by atoms with Gasteiger partial charge in [-0.2, -0.15) is 0 Å². The zero-order valence-corrected chi connectivity index (χ0v) is 7.24. The third kappa shape index (κ3) is 2.17. The van der Waals surface area contributed by atoms with Crippen molar-refractivity contribution in [3.8, 4) is 5.75 Å². The summed E-state index contributed by atoms with van der Waals surface area (Å²) in [5.74, 6) is -1.18. The van der Waals surface area contributed by atoms with Gasteiger partial charge in [0.1, 0.15) is 0 Å². The van der Waals surface area contributed by atoms with Crippen molar-refractivity contribution in [1.82, 2.24) is 0 Å². The van der Waals surface area contributed by atoms with E-state index >= 15 is 0 Å². The lowest BCUT2D eigenvalue weighted by molar-refractivity contribution is 0.153. The summed E-state index contributed by atoms with van der Waals surface area (Å²) >= 11 is 0. The highest BCUT2D eigenvalue weighted by Crippen LogP contribution is 2.22. The van der Waals surface area contributed by atoms with Crippen LogP contribution >= 0.6 is 0 Å². The van der Waals surface area contributed by atoms with Crippen molar-refractivity contribution in [1.29, 1.82) is 0 Å². The van der Waals surface area contributed by atoms with Gasteiger partial charge >= 0.3 is 0 Å². The van der Waals surface area contributed by atoms with Crippen molar-refractivity contribution in [2.75, 3.05) is 0 Å². The predicted molar refractivity (Wildman–Crippen MR) is 46.7 cm³/mol. The number of phenols is 1. The molecule has 0 aliphatic carbocycles. The number of rotatable bonds is 2. The van der Waals surface area contributed by atoms with E-state index in [1.54, 1.807) is 6.92 Å². The molecule has 4 heteroatoms. The predicted octanol–water partition coefficient (Wildman–Crippen LogP) is 0.912. The standard InChI is InChI=1S/C9H12FNO2/c1-5(11)9(13)6-2-3-7(10)8(12)4-6/h2-5,9,12-13H,11H2,1H3/t5-,9+/m1/s1. The van der Waals surface area contributed by atoms with Crippen LogP contribution in [-0.4, -0.2) is 16.3 Å². The summed E-state index contributed by atoms with van der Waals surface area (Å²) in [6.45, 7) is 1.63. The number of aliphatic hydroxyl groups is 1. The van der Waals surface area contributed by atoms with Crippen molar-refractivity contribution >= 4 is 0 Å². The van der Waals surface area contributed by atoms with E-state index in [4.69, 9.17) is 10.8 Å². The van der Waals surface area contributed by atoms with Crippen LogP contribution in [0.2, 0.25) is 0 Å². The van der Waals surface area contributed by atoms with Gasteiger partial charge in [0.05, 0.1) is 6.10 Å². The highest BCUT2D eigenvalue weighted by Gasteiger charge is 2.13. The Labute approximate surface area is 75.6 Å². The first-order valence-corrected chi connectivity index (χ1v) is 3.94. The van der Waals surface area contributed by atoms with E-state index in [1.165, 1.54) is 12.1 Å². The van der Waals surface area contributed by atoms with Crippen molar-refractivity contribution in [3.05, 3.63) is 29.6 Å². The third-order valence-corrected chi connectivity index (χ3v) is 1.81. The van der Waals surface area contributed by atoms with Crippen LogP contribution in [0.15, 0.2) is 18.2 Å². The van der Waals surface area contributed by atoms with Gasteiger partial charge in [-0.05, 0) is 24.6 Å². The summed E-state index contributed by atoms with van der Waals surface area (Å²) in [6.07, 6.45) is -0.883. The number of benzene rings is 1. The topological polar surface area (TPSA) is 66.5 Å². The number of phenolic OH excluding ortho intramolecular Hbond substituents is 1. The van der Waals surface area contributed by atoms with Crippen LogP contribution in [0.4, 0.5) is 4.39 Å². The largest absolute Gasteiger partial charge is 0.505 e. The van der Waals surface area contributed by atoms with Gasteiger partial charge in [0.15, 0.2) is 11.6 Å². The van der Waals surface area contributed by atoms with Gasteiger partial charge in [0.2, 0.25) is 0 Å². The molecule has 3 nitrogen and oxygen atoms in total. The van der Waals surface area contributed by atoms with Crippen molar-refractivity contribution in [2.24, 2.45) is 5.73 Å². The molecule has 13 heavy (non-hydrogen) atoms.